The fourth-order valence-corrected chi connectivity index (χ4v) is 4.96. The van der Waals surface area contributed by atoms with Crippen LogP contribution >= 0.6 is 0 Å². The minimum absolute atomic E-state index is 0.796. The van der Waals surface area contributed by atoms with Gasteiger partial charge in [0.2, 0.25) is 0 Å². The van der Waals surface area contributed by atoms with Crippen LogP contribution in [-0.2, 0) is 0 Å². The maximum absolute atomic E-state index is 14.5. The highest BCUT2D eigenvalue weighted by atomic mass is 19.1. The van der Waals surface area contributed by atoms with Crippen molar-refractivity contribution in [2.45, 2.75) is 109 Å². The molecule has 0 nitrogen and oxygen atoms in total. The number of unbranched alkanes of at least 4 members (excludes halogenated alkanes) is 2. The first-order chi connectivity index (χ1) is 10.2. The van der Waals surface area contributed by atoms with E-state index >= 15 is 0 Å². The zero-order valence-corrected chi connectivity index (χ0v) is 14.5. The van der Waals surface area contributed by atoms with Gasteiger partial charge in [0.05, 0.1) is 0 Å². The van der Waals surface area contributed by atoms with Crippen LogP contribution in [0.15, 0.2) is 0 Å². The van der Waals surface area contributed by atoms with Crippen molar-refractivity contribution >= 4 is 0 Å². The van der Waals surface area contributed by atoms with E-state index in [9.17, 15) is 4.39 Å². The lowest BCUT2D eigenvalue weighted by Crippen LogP contribution is -2.33. The largest absolute Gasteiger partial charge is 0.244 e. The van der Waals surface area contributed by atoms with E-state index in [-0.39, 0.29) is 0 Å². The van der Waals surface area contributed by atoms with E-state index in [0.29, 0.717) is 0 Å². The van der Waals surface area contributed by atoms with Gasteiger partial charge in [0, 0.05) is 0 Å². The summed E-state index contributed by atoms with van der Waals surface area (Å²) in [6.45, 7) is 4.41. The monoisotopic (exact) mass is 296 g/mol. The molecule has 0 spiro atoms. The van der Waals surface area contributed by atoms with Crippen LogP contribution in [0, 0.1) is 17.8 Å². The summed E-state index contributed by atoms with van der Waals surface area (Å²) in [5.41, 5.74) is -0.803. The zero-order chi connectivity index (χ0) is 15.1. The first-order valence-electron chi connectivity index (χ1n) is 9.85. The van der Waals surface area contributed by atoms with Crippen molar-refractivity contribution in [3.63, 3.8) is 0 Å². The third-order valence-electron chi connectivity index (χ3n) is 6.40. The van der Waals surface area contributed by atoms with Gasteiger partial charge in [0.15, 0.2) is 0 Å². The highest BCUT2D eigenvalue weighted by Gasteiger charge is 2.37. The van der Waals surface area contributed by atoms with Crippen LogP contribution in [0.3, 0.4) is 0 Å². The molecule has 2 rings (SSSR count). The third kappa shape index (κ3) is 5.25. The fraction of sp³-hybridized carbons (Fsp3) is 1.00. The molecule has 0 bridgehead atoms. The molecule has 2 aliphatic carbocycles. The summed E-state index contributed by atoms with van der Waals surface area (Å²) in [7, 11) is 0. The topological polar surface area (TPSA) is 0 Å². The zero-order valence-electron chi connectivity index (χ0n) is 14.5. The normalized spacial score (nSPS) is 37.6. The van der Waals surface area contributed by atoms with E-state index in [1.807, 2.05) is 0 Å². The minimum Gasteiger partial charge on any atom is -0.244 e. The highest BCUT2D eigenvalue weighted by Crippen LogP contribution is 2.45. The quantitative estimate of drug-likeness (QED) is 0.441. The minimum atomic E-state index is -0.803. The Balaban J connectivity index is 1.67. The van der Waals surface area contributed by atoms with Gasteiger partial charge in [0.25, 0.3) is 0 Å². The van der Waals surface area contributed by atoms with E-state index in [4.69, 9.17) is 0 Å². The molecule has 2 fully saturated rings. The molecule has 2 saturated carbocycles. The first kappa shape index (κ1) is 17.3. The van der Waals surface area contributed by atoms with Crippen molar-refractivity contribution in [2.24, 2.45) is 17.8 Å². The van der Waals surface area contributed by atoms with Crippen molar-refractivity contribution in [2.75, 3.05) is 0 Å². The lowest BCUT2D eigenvalue weighted by atomic mass is 9.67. The molecule has 124 valence electrons. The first-order valence-corrected chi connectivity index (χ1v) is 9.85. The van der Waals surface area contributed by atoms with Crippen molar-refractivity contribution in [1.82, 2.24) is 0 Å². The van der Waals surface area contributed by atoms with Crippen molar-refractivity contribution in [3.8, 4) is 0 Å². The van der Waals surface area contributed by atoms with Crippen LogP contribution in [-0.4, -0.2) is 5.67 Å². The van der Waals surface area contributed by atoms with Gasteiger partial charge in [-0.25, -0.2) is 4.39 Å². The Hall–Kier alpha value is -0.0700. The van der Waals surface area contributed by atoms with Gasteiger partial charge < -0.3 is 0 Å². The van der Waals surface area contributed by atoms with E-state index < -0.39 is 5.67 Å². The molecule has 1 heteroatoms. The molecule has 0 aliphatic heterocycles. The maximum atomic E-state index is 14.5. The molecule has 21 heavy (non-hydrogen) atoms. The Morgan fingerprint density at radius 3 is 2.00 bits per heavy atom. The second-order valence-electron chi connectivity index (χ2n) is 8.01. The standard InChI is InChI=1S/C20H37F/c1-3-5-6-7-17-8-10-18(11-9-17)19-12-15-20(21,14-4-2)16-13-19/h17-19H,3-16H2,1-2H3/t17-,18-,19?,20?. The second-order valence-corrected chi connectivity index (χ2v) is 8.01. The van der Waals surface area contributed by atoms with Gasteiger partial charge in [0.1, 0.15) is 5.67 Å². The maximum Gasteiger partial charge on any atom is 0.111 e. The van der Waals surface area contributed by atoms with Crippen LogP contribution in [0.25, 0.3) is 0 Å². The van der Waals surface area contributed by atoms with E-state index in [2.05, 4.69) is 13.8 Å². The summed E-state index contributed by atoms with van der Waals surface area (Å²) in [5, 5.41) is 0. The molecular formula is C20H37F. The molecule has 0 heterocycles. The predicted octanol–water partition coefficient (Wildman–Crippen LogP) is 7.07. The van der Waals surface area contributed by atoms with Gasteiger partial charge >= 0.3 is 0 Å². The van der Waals surface area contributed by atoms with Gasteiger partial charge in [-0.2, -0.15) is 0 Å². The molecule has 0 radical (unpaired) electrons. The summed E-state index contributed by atoms with van der Waals surface area (Å²) < 4.78 is 14.5. The lowest BCUT2D eigenvalue weighted by molar-refractivity contribution is 0.0470. The van der Waals surface area contributed by atoms with Crippen LogP contribution in [0.4, 0.5) is 4.39 Å². The highest BCUT2D eigenvalue weighted by molar-refractivity contribution is 4.89. The second kappa shape index (κ2) is 8.53. The molecule has 0 unspecified atom stereocenters. The Morgan fingerprint density at radius 2 is 1.43 bits per heavy atom. The number of hydrogen-bond acceptors (Lipinski definition) is 0. The summed E-state index contributed by atoms with van der Waals surface area (Å²) in [5.74, 6) is 2.79. The number of hydrogen-bond donors (Lipinski definition) is 0. The average molecular weight is 297 g/mol. The van der Waals surface area contributed by atoms with Crippen LogP contribution in [0.5, 0.6) is 0 Å². The number of halogens is 1. The molecule has 0 atom stereocenters. The predicted molar refractivity (Wildman–Crippen MR) is 90.3 cm³/mol. The van der Waals surface area contributed by atoms with E-state index in [1.165, 1.54) is 64.2 Å². The average Bonchev–Trinajstić information content (AvgIpc) is 2.49. The Labute approximate surface area is 132 Å². The summed E-state index contributed by atoms with van der Waals surface area (Å²) in [6, 6.07) is 0. The lowest BCUT2D eigenvalue weighted by Gasteiger charge is -2.40. The summed E-state index contributed by atoms with van der Waals surface area (Å²) in [4.78, 5) is 0. The van der Waals surface area contributed by atoms with Gasteiger partial charge in [-0.05, 0) is 62.7 Å². The van der Waals surface area contributed by atoms with Crippen LogP contribution in [0.2, 0.25) is 0 Å². The molecule has 0 N–H and O–H groups in total. The molecule has 2 aliphatic rings. The SMILES string of the molecule is CCCCC[C@H]1CC[C@H](C2CCC(F)(CCC)CC2)CC1. The molecule has 0 aromatic rings. The molecular weight excluding hydrogens is 259 g/mol. The van der Waals surface area contributed by atoms with Gasteiger partial charge in [-0.1, -0.05) is 58.8 Å². The van der Waals surface area contributed by atoms with E-state index in [0.717, 1.165) is 43.4 Å². The van der Waals surface area contributed by atoms with Gasteiger partial charge in [-0.3, -0.25) is 0 Å². The summed E-state index contributed by atoms with van der Waals surface area (Å²) in [6.07, 6.45) is 17.3. The Morgan fingerprint density at radius 1 is 0.810 bits per heavy atom. The Bertz CT molecular complexity index is 270. The number of alkyl halides is 1. The van der Waals surface area contributed by atoms with E-state index in [1.54, 1.807) is 0 Å². The van der Waals surface area contributed by atoms with Gasteiger partial charge in [-0.15, -0.1) is 0 Å². The smallest absolute Gasteiger partial charge is 0.111 e. The van der Waals surface area contributed by atoms with Crippen LogP contribution in [0.1, 0.15) is 104 Å². The van der Waals surface area contributed by atoms with Crippen molar-refractivity contribution in [3.05, 3.63) is 0 Å². The Kier molecular flexibility index (Phi) is 7.02. The molecule has 0 amide bonds. The number of rotatable bonds is 7. The third-order valence-corrected chi connectivity index (χ3v) is 6.40. The van der Waals surface area contributed by atoms with Crippen LogP contribution < -0.4 is 0 Å². The summed E-state index contributed by atoms with van der Waals surface area (Å²) >= 11 is 0. The molecule has 0 aromatic heterocycles. The fourth-order valence-electron chi connectivity index (χ4n) is 4.96. The van der Waals surface area contributed by atoms with Crippen molar-refractivity contribution < 1.29 is 4.39 Å². The molecule has 0 saturated heterocycles. The molecule has 0 aromatic carbocycles. The van der Waals surface area contributed by atoms with Crippen molar-refractivity contribution in [1.29, 1.82) is 0 Å².